The number of nitrogens with two attached hydrogens (primary N) is 1. The molecule has 1 atom stereocenters. The maximum atomic E-state index is 11.4. The minimum Gasteiger partial charge on any atom is -0.481 e. The van der Waals surface area contributed by atoms with E-state index in [9.17, 15) is 9.36 Å². The van der Waals surface area contributed by atoms with Crippen LogP contribution in [0.4, 0.5) is 0 Å². The Morgan fingerprint density at radius 1 is 1.28 bits per heavy atom. The van der Waals surface area contributed by atoms with Crippen LogP contribution in [0.25, 0.3) is 0 Å². The van der Waals surface area contributed by atoms with Crippen molar-refractivity contribution in [2.24, 2.45) is 5.73 Å². The Balaban J connectivity index is 1.83. The van der Waals surface area contributed by atoms with Crippen LogP contribution in [-0.2, 0) is 11.0 Å². The summed E-state index contributed by atoms with van der Waals surface area (Å²) in [6.07, 6.45) is 1.44. The van der Waals surface area contributed by atoms with Gasteiger partial charge in [0.1, 0.15) is 12.4 Å². The molecule has 0 aliphatic rings. The van der Waals surface area contributed by atoms with Crippen molar-refractivity contribution in [1.29, 1.82) is 0 Å². The van der Waals surface area contributed by atoms with Gasteiger partial charge in [-0.05, 0) is 57.4 Å². The third kappa shape index (κ3) is 8.95. The largest absolute Gasteiger partial charge is 0.481 e. The number of thiophene rings is 1. The monoisotopic (exact) mass is 435 g/mol. The van der Waals surface area contributed by atoms with Crippen LogP contribution >= 0.6 is 18.9 Å². The molecule has 0 saturated carbocycles. The molecule has 1 aromatic carbocycles. The molecule has 0 amide bonds. The van der Waals surface area contributed by atoms with Gasteiger partial charge in [0.05, 0.1) is 11.0 Å². The number of carbonyl (C=O) groups excluding carboxylic acids is 1. The summed E-state index contributed by atoms with van der Waals surface area (Å²) in [4.78, 5) is 31.4. The molecule has 156 valence electrons. The topological polar surface area (TPSA) is 110 Å². The molecule has 4 N–H and O–H groups in total. The van der Waals surface area contributed by atoms with Crippen LogP contribution in [0.3, 0.4) is 0 Å². The van der Waals surface area contributed by atoms with E-state index < -0.39 is 13.1 Å². The fourth-order valence-corrected chi connectivity index (χ4v) is 4.25. The van der Waals surface area contributed by atoms with E-state index >= 15 is 0 Å². The molecule has 0 radical (unpaired) electrons. The Bertz CT molecular complexity index is 951. The number of Topliss-reactive ketones (excluding diaryl/α,β-unsaturated/α-hetero) is 1. The van der Waals surface area contributed by atoms with Crippen molar-refractivity contribution >= 4 is 24.7 Å². The quantitative estimate of drug-likeness (QED) is 0.315. The molecular formula is C21H26NO5PS. The summed E-state index contributed by atoms with van der Waals surface area (Å²) >= 11 is 1.57. The molecule has 0 bridgehead atoms. The van der Waals surface area contributed by atoms with Crippen molar-refractivity contribution in [2.45, 2.75) is 38.6 Å². The number of ether oxygens (including phenoxy) is 1. The second-order valence-electron chi connectivity index (χ2n) is 7.23. The molecule has 0 saturated heterocycles. The molecule has 29 heavy (non-hydrogen) atoms. The normalized spacial score (nSPS) is 13.3. The van der Waals surface area contributed by atoms with E-state index in [4.69, 9.17) is 20.3 Å². The van der Waals surface area contributed by atoms with Crippen molar-refractivity contribution in [2.75, 3.05) is 12.8 Å². The van der Waals surface area contributed by atoms with Gasteiger partial charge in [-0.15, -0.1) is 11.3 Å². The second-order valence-corrected chi connectivity index (χ2v) is 10.2. The molecule has 1 aromatic heterocycles. The maximum Gasteiger partial charge on any atom is 0.325 e. The van der Waals surface area contributed by atoms with E-state index in [0.717, 1.165) is 16.2 Å². The highest BCUT2D eigenvalue weighted by atomic mass is 32.1. The predicted molar refractivity (Wildman–Crippen MR) is 116 cm³/mol. The first-order valence-corrected chi connectivity index (χ1v) is 11.8. The third-order valence-corrected chi connectivity index (χ3v) is 6.21. The van der Waals surface area contributed by atoms with E-state index in [1.807, 2.05) is 19.1 Å². The molecular weight excluding hydrogens is 409 g/mol. The first-order valence-electron chi connectivity index (χ1n) is 9.19. The van der Waals surface area contributed by atoms with Gasteiger partial charge in [0.2, 0.25) is 0 Å². The van der Waals surface area contributed by atoms with E-state index in [0.29, 0.717) is 17.7 Å². The summed E-state index contributed by atoms with van der Waals surface area (Å²) in [5.41, 5.74) is 6.13. The van der Waals surface area contributed by atoms with Crippen LogP contribution in [0.1, 0.15) is 46.8 Å². The number of aryl methyl sites for hydroxylation is 1. The lowest BCUT2D eigenvalue weighted by molar-refractivity contribution is 0.101. The molecule has 0 spiro atoms. The summed E-state index contributed by atoms with van der Waals surface area (Å²) in [7, 11) is -4.02. The average molecular weight is 435 g/mol. The zero-order valence-corrected chi connectivity index (χ0v) is 18.3. The Morgan fingerprint density at radius 2 is 2.03 bits per heavy atom. The summed E-state index contributed by atoms with van der Waals surface area (Å²) in [5, 5.41) is 0. The van der Waals surface area contributed by atoms with Crippen molar-refractivity contribution in [3.8, 4) is 17.6 Å². The van der Waals surface area contributed by atoms with Crippen molar-refractivity contribution in [3.05, 3.63) is 51.7 Å². The van der Waals surface area contributed by atoms with Gasteiger partial charge < -0.3 is 20.3 Å². The zero-order chi connectivity index (χ0) is 21.5. The Hall–Kier alpha value is -1.94. The first kappa shape index (κ1) is 23.3. The van der Waals surface area contributed by atoms with E-state index in [-0.39, 0.29) is 25.0 Å². The van der Waals surface area contributed by atoms with Crippen molar-refractivity contribution in [1.82, 2.24) is 0 Å². The number of hydrogen-bond donors (Lipinski definition) is 3. The molecule has 0 fully saturated rings. The Labute approximate surface area is 175 Å². The van der Waals surface area contributed by atoms with Crippen molar-refractivity contribution in [3.63, 3.8) is 0 Å². The van der Waals surface area contributed by atoms with E-state index in [1.54, 1.807) is 35.6 Å². The highest BCUT2D eigenvalue weighted by molar-refractivity contribution is 7.51. The van der Waals surface area contributed by atoms with E-state index in [2.05, 4.69) is 11.8 Å². The third-order valence-electron chi connectivity index (χ3n) is 4.34. The van der Waals surface area contributed by atoms with Crippen LogP contribution < -0.4 is 10.5 Å². The summed E-state index contributed by atoms with van der Waals surface area (Å²) in [6, 6.07) is 10.9. The number of rotatable bonds is 9. The van der Waals surface area contributed by atoms with E-state index in [1.165, 1.54) is 6.92 Å². The van der Waals surface area contributed by atoms with Crippen LogP contribution in [0.5, 0.6) is 5.75 Å². The molecule has 6 nitrogen and oxygen atoms in total. The molecule has 8 heteroatoms. The second kappa shape index (κ2) is 10.2. The van der Waals surface area contributed by atoms with Gasteiger partial charge in [-0.1, -0.05) is 24.0 Å². The smallest absolute Gasteiger partial charge is 0.325 e. The van der Waals surface area contributed by atoms with Gasteiger partial charge in [0.15, 0.2) is 5.78 Å². The fraction of sp³-hybridized carbons (Fsp3) is 0.381. The van der Waals surface area contributed by atoms with Crippen molar-refractivity contribution < 1.29 is 23.9 Å². The van der Waals surface area contributed by atoms with Gasteiger partial charge in [-0.2, -0.15) is 0 Å². The maximum absolute atomic E-state index is 11.4. The fourth-order valence-electron chi connectivity index (χ4n) is 2.56. The lowest BCUT2D eigenvalue weighted by atomic mass is 9.94. The highest BCUT2D eigenvalue weighted by Gasteiger charge is 2.23. The Morgan fingerprint density at radius 3 is 2.72 bits per heavy atom. The number of ketones is 1. The van der Waals surface area contributed by atoms with Gasteiger partial charge in [0, 0.05) is 16.0 Å². The molecule has 0 aliphatic carbocycles. The predicted octanol–water partition coefficient (Wildman–Crippen LogP) is 3.60. The number of hydrogen-bond acceptors (Lipinski definition) is 5. The minimum atomic E-state index is -4.02. The lowest BCUT2D eigenvalue weighted by Crippen LogP contribution is -2.37. The number of benzene rings is 1. The van der Waals surface area contributed by atoms with Crippen LogP contribution in [-0.4, -0.2) is 33.9 Å². The molecule has 1 heterocycles. The zero-order valence-electron chi connectivity index (χ0n) is 16.6. The van der Waals surface area contributed by atoms with Crippen LogP contribution in [0.15, 0.2) is 36.4 Å². The van der Waals surface area contributed by atoms with Gasteiger partial charge in [0.25, 0.3) is 0 Å². The molecule has 0 aliphatic heterocycles. The number of carbonyl (C=O) groups is 1. The summed E-state index contributed by atoms with van der Waals surface area (Å²) < 4.78 is 16.6. The standard InChI is InChI=1S/C21H26NO5PS/c1-16(23)17-5-3-6-18(15-17)27-13-4-7-19-8-9-20(29-19)10-11-21(2,22)12-14-28(24,25)26/h3,5-6,8-9,15H,10-14,22H2,1-2H3,(H2,24,25,26). The first-order chi connectivity index (χ1) is 13.5. The van der Waals surface area contributed by atoms with Crippen LogP contribution in [0.2, 0.25) is 0 Å². The average Bonchev–Trinajstić information content (AvgIpc) is 3.10. The minimum absolute atomic E-state index is 0.0111. The highest BCUT2D eigenvalue weighted by Crippen LogP contribution is 2.37. The van der Waals surface area contributed by atoms with Gasteiger partial charge in [-0.3, -0.25) is 9.36 Å². The Kier molecular flexibility index (Phi) is 8.21. The molecule has 2 rings (SSSR count). The van der Waals surface area contributed by atoms with Gasteiger partial charge >= 0.3 is 7.60 Å². The summed E-state index contributed by atoms with van der Waals surface area (Å²) in [6.45, 7) is 3.55. The summed E-state index contributed by atoms with van der Waals surface area (Å²) in [5.74, 6) is 6.62. The lowest BCUT2D eigenvalue weighted by Gasteiger charge is -2.24. The molecule has 2 aromatic rings. The molecule has 1 unspecified atom stereocenters. The SMILES string of the molecule is CC(=O)c1cccc(OCC#Cc2ccc(CCC(C)(N)CCP(=O)(O)O)s2)c1. The van der Waals surface area contributed by atoms with Gasteiger partial charge in [-0.25, -0.2) is 0 Å². The van der Waals surface area contributed by atoms with Crippen LogP contribution in [0, 0.1) is 11.8 Å².